The smallest absolute Gasteiger partial charge is 0.257 e. The minimum absolute atomic E-state index is 0.0904. The number of hydrogen-bond acceptors (Lipinski definition) is 3. The number of carbonyl (C=O) groups is 1. The van der Waals surface area contributed by atoms with Crippen LogP contribution in [0.15, 0.2) is 24.3 Å². The molecular formula is C21H28N2O3. The maximum Gasteiger partial charge on any atom is 0.257 e. The summed E-state index contributed by atoms with van der Waals surface area (Å²) in [6, 6.07) is 7.91. The lowest BCUT2D eigenvalue weighted by Gasteiger charge is -2.26. The summed E-state index contributed by atoms with van der Waals surface area (Å²) in [5.74, 6) is 1.14. The van der Waals surface area contributed by atoms with Gasteiger partial charge in [0, 0.05) is 29.2 Å². The maximum atomic E-state index is 12.8. The monoisotopic (exact) mass is 356 g/mol. The van der Waals surface area contributed by atoms with Gasteiger partial charge in [0.15, 0.2) is 11.5 Å². The number of rotatable bonds is 5. The molecule has 0 radical (unpaired) electrons. The molecule has 140 valence electrons. The van der Waals surface area contributed by atoms with Gasteiger partial charge in [-0.05, 0) is 44.9 Å². The van der Waals surface area contributed by atoms with Crippen molar-refractivity contribution >= 4 is 11.6 Å². The lowest BCUT2D eigenvalue weighted by Crippen LogP contribution is -2.17. The Morgan fingerprint density at radius 1 is 1.04 bits per heavy atom. The molecule has 0 atom stereocenters. The fourth-order valence-electron chi connectivity index (χ4n) is 4.02. The number of nitrogens with zero attached hydrogens (tertiary/aromatic N) is 1. The fraction of sp³-hybridized carbons (Fsp3) is 0.476. The van der Waals surface area contributed by atoms with Gasteiger partial charge >= 0.3 is 0 Å². The van der Waals surface area contributed by atoms with Crippen molar-refractivity contribution < 1.29 is 14.3 Å². The zero-order chi connectivity index (χ0) is 18.7. The first-order valence-electron chi connectivity index (χ1n) is 9.27. The molecule has 1 fully saturated rings. The second-order valence-corrected chi connectivity index (χ2v) is 6.97. The molecule has 0 unspecified atom stereocenters. The third-order valence-electron chi connectivity index (χ3n) is 5.31. The second-order valence-electron chi connectivity index (χ2n) is 6.97. The lowest BCUT2D eigenvalue weighted by atomic mass is 9.95. The number of hydrogen-bond donors (Lipinski definition) is 1. The van der Waals surface area contributed by atoms with Gasteiger partial charge in [0.2, 0.25) is 0 Å². The van der Waals surface area contributed by atoms with Gasteiger partial charge in [0.25, 0.3) is 5.91 Å². The summed E-state index contributed by atoms with van der Waals surface area (Å²) in [4.78, 5) is 12.8. The largest absolute Gasteiger partial charge is 0.493 e. The Kier molecular flexibility index (Phi) is 5.55. The molecule has 0 saturated heterocycles. The second kappa shape index (κ2) is 7.85. The van der Waals surface area contributed by atoms with E-state index in [1.165, 1.54) is 32.1 Å². The Balaban J connectivity index is 1.82. The van der Waals surface area contributed by atoms with Crippen molar-refractivity contribution in [2.75, 3.05) is 19.5 Å². The average molecular weight is 356 g/mol. The van der Waals surface area contributed by atoms with Gasteiger partial charge in [-0.3, -0.25) is 4.79 Å². The third-order valence-corrected chi connectivity index (χ3v) is 5.31. The van der Waals surface area contributed by atoms with Crippen LogP contribution in [0.4, 0.5) is 5.69 Å². The number of anilines is 1. The van der Waals surface area contributed by atoms with Gasteiger partial charge in [0.1, 0.15) is 0 Å². The minimum atomic E-state index is -0.0904. The van der Waals surface area contributed by atoms with Gasteiger partial charge in [-0.1, -0.05) is 19.3 Å². The summed E-state index contributed by atoms with van der Waals surface area (Å²) >= 11 is 0. The molecule has 5 nitrogen and oxygen atoms in total. The van der Waals surface area contributed by atoms with Crippen LogP contribution in [0.25, 0.3) is 0 Å². The van der Waals surface area contributed by atoms with E-state index >= 15 is 0 Å². The van der Waals surface area contributed by atoms with Crippen LogP contribution in [0, 0.1) is 13.8 Å². The van der Waals surface area contributed by atoms with Crippen LogP contribution < -0.4 is 14.8 Å². The Bertz CT molecular complexity index is 789. The molecule has 26 heavy (non-hydrogen) atoms. The van der Waals surface area contributed by atoms with Crippen LogP contribution >= 0.6 is 0 Å². The van der Waals surface area contributed by atoms with Crippen LogP contribution in [0.5, 0.6) is 11.5 Å². The Morgan fingerprint density at radius 3 is 2.38 bits per heavy atom. The number of nitrogens with one attached hydrogen (secondary N) is 1. The first-order chi connectivity index (χ1) is 12.5. The predicted molar refractivity (Wildman–Crippen MR) is 104 cm³/mol. The highest BCUT2D eigenvalue weighted by atomic mass is 16.5. The number of methoxy groups -OCH3 is 2. The number of aromatic nitrogens is 1. The van der Waals surface area contributed by atoms with Gasteiger partial charge in [0.05, 0.1) is 19.8 Å². The summed E-state index contributed by atoms with van der Waals surface area (Å²) in [5, 5.41) is 2.98. The van der Waals surface area contributed by atoms with Crippen molar-refractivity contribution in [3.05, 3.63) is 41.2 Å². The fourth-order valence-corrected chi connectivity index (χ4v) is 4.02. The van der Waals surface area contributed by atoms with Crippen LogP contribution in [-0.4, -0.2) is 24.7 Å². The molecule has 0 aliphatic heterocycles. The van der Waals surface area contributed by atoms with Crippen molar-refractivity contribution in [1.29, 1.82) is 0 Å². The third kappa shape index (κ3) is 3.57. The molecule has 2 aromatic rings. The molecule has 1 aromatic carbocycles. The predicted octanol–water partition coefficient (Wildman–Crippen LogP) is 4.88. The molecule has 1 aliphatic rings. The standard InChI is InChI=1S/C21H28N2O3/c1-14-12-18(15(2)23(14)17-8-6-5-7-9-17)21(24)22-16-10-11-19(25-3)20(13-16)26-4/h10-13,17H,5-9H2,1-4H3,(H,22,24). The van der Waals surface area contributed by atoms with Gasteiger partial charge in [-0.15, -0.1) is 0 Å². The Morgan fingerprint density at radius 2 is 1.73 bits per heavy atom. The zero-order valence-electron chi connectivity index (χ0n) is 16.1. The number of ether oxygens (including phenoxy) is 2. The van der Waals surface area contributed by atoms with E-state index < -0.39 is 0 Å². The summed E-state index contributed by atoms with van der Waals surface area (Å²) in [6.07, 6.45) is 6.27. The van der Waals surface area contributed by atoms with Crippen LogP contribution in [-0.2, 0) is 0 Å². The van der Waals surface area contributed by atoms with E-state index in [1.54, 1.807) is 26.4 Å². The molecule has 3 rings (SSSR count). The summed E-state index contributed by atoms with van der Waals surface area (Å²) in [5.41, 5.74) is 3.64. The zero-order valence-corrected chi connectivity index (χ0v) is 16.1. The molecule has 0 bridgehead atoms. The number of aryl methyl sites for hydroxylation is 1. The normalized spacial score (nSPS) is 14.9. The van der Waals surface area contributed by atoms with Crippen molar-refractivity contribution in [2.24, 2.45) is 0 Å². The van der Waals surface area contributed by atoms with Crippen LogP contribution in [0.1, 0.15) is 59.9 Å². The van der Waals surface area contributed by atoms with Crippen molar-refractivity contribution in [2.45, 2.75) is 52.0 Å². The Hall–Kier alpha value is -2.43. The maximum absolute atomic E-state index is 12.8. The van der Waals surface area contributed by atoms with Gasteiger partial charge in [-0.25, -0.2) is 0 Å². The van der Waals surface area contributed by atoms with Gasteiger partial charge < -0.3 is 19.4 Å². The molecule has 1 N–H and O–H groups in total. The number of benzene rings is 1. The van der Waals surface area contributed by atoms with Crippen molar-refractivity contribution in [3.8, 4) is 11.5 Å². The molecule has 1 aromatic heterocycles. The van der Waals surface area contributed by atoms with E-state index in [9.17, 15) is 4.79 Å². The molecule has 1 heterocycles. The van der Waals surface area contributed by atoms with Crippen molar-refractivity contribution in [1.82, 2.24) is 4.57 Å². The SMILES string of the molecule is COc1ccc(NC(=O)c2cc(C)n(C3CCCCC3)c2C)cc1OC. The Labute approximate surface area is 155 Å². The highest BCUT2D eigenvalue weighted by molar-refractivity contribution is 6.05. The minimum Gasteiger partial charge on any atom is -0.493 e. The van der Waals surface area contributed by atoms with Crippen molar-refractivity contribution in [3.63, 3.8) is 0 Å². The summed E-state index contributed by atoms with van der Waals surface area (Å²) in [6.45, 7) is 4.14. The first kappa shape index (κ1) is 18.4. The van der Waals surface area contributed by atoms with E-state index in [1.807, 2.05) is 19.1 Å². The highest BCUT2D eigenvalue weighted by Crippen LogP contribution is 2.33. The van der Waals surface area contributed by atoms with E-state index in [0.29, 0.717) is 23.2 Å². The van der Waals surface area contributed by atoms with Gasteiger partial charge in [-0.2, -0.15) is 0 Å². The first-order valence-corrected chi connectivity index (χ1v) is 9.27. The number of amides is 1. The summed E-state index contributed by atoms with van der Waals surface area (Å²) < 4.78 is 12.9. The quantitative estimate of drug-likeness (QED) is 0.831. The molecule has 5 heteroatoms. The molecule has 1 amide bonds. The molecule has 1 aliphatic carbocycles. The van der Waals surface area contributed by atoms with E-state index in [2.05, 4.69) is 16.8 Å². The lowest BCUT2D eigenvalue weighted by molar-refractivity contribution is 0.102. The van der Waals surface area contributed by atoms with E-state index in [0.717, 1.165) is 17.0 Å². The highest BCUT2D eigenvalue weighted by Gasteiger charge is 2.22. The molecular weight excluding hydrogens is 328 g/mol. The van der Waals surface area contributed by atoms with E-state index in [4.69, 9.17) is 9.47 Å². The average Bonchev–Trinajstić information content (AvgIpc) is 2.96. The molecule has 1 saturated carbocycles. The summed E-state index contributed by atoms with van der Waals surface area (Å²) in [7, 11) is 3.18. The molecule has 0 spiro atoms. The topological polar surface area (TPSA) is 52.5 Å². The van der Waals surface area contributed by atoms with E-state index in [-0.39, 0.29) is 5.91 Å². The van der Waals surface area contributed by atoms with Crippen LogP contribution in [0.2, 0.25) is 0 Å². The van der Waals surface area contributed by atoms with Crippen LogP contribution in [0.3, 0.4) is 0 Å². The number of carbonyl (C=O) groups excluding carboxylic acids is 1.